The molecule has 0 saturated carbocycles. The Labute approximate surface area is 240 Å². The summed E-state index contributed by atoms with van der Waals surface area (Å²) < 4.78 is 15.9. The highest BCUT2D eigenvalue weighted by molar-refractivity contribution is 5.98. The van der Waals surface area contributed by atoms with Crippen molar-refractivity contribution in [3.63, 3.8) is 0 Å². The van der Waals surface area contributed by atoms with Crippen molar-refractivity contribution in [3.05, 3.63) is 65.7 Å². The number of Topliss-reactive ketones (excluding diaryl/α,β-unsaturated/α-hetero) is 1. The van der Waals surface area contributed by atoms with Gasteiger partial charge in [0.25, 0.3) is 0 Å². The molecule has 2 fully saturated rings. The van der Waals surface area contributed by atoms with Crippen molar-refractivity contribution in [2.45, 2.75) is 63.3 Å². The summed E-state index contributed by atoms with van der Waals surface area (Å²) in [4.78, 5) is 52.9. The Kier molecular flexibility index (Phi) is 10.1. The summed E-state index contributed by atoms with van der Waals surface area (Å²) in [5.74, 6) is -0.986. The van der Waals surface area contributed by atoms with E-state index in [1.54, 1.807) is 33.1 Å². The molecule has 3 N–H and O–H groups in total. The summed E-state index contributed by atoms with van der Waals surface area (Å²) >= 11 is 0. The van der Waals surface area contributed by atoms with Gasteiger partial charge in [-0.1, -0.05) is 42.5 Å². The van der Waals surface area contributed by atoms with Gasteiger partial charge in [-0.15, -0.1) is 0 Å². The average molecular weight is 566 g/mol. The highest BCUT2D eigenvalue weighted by atomic mass is 16.6. The summed E-state index contributed by atoms with van der Waals surface area (Å²) in [6, 6.07) is 13.9. The Hall–Kier alpha value is -3.76. The van der Waals surface area contributed by atoms with Gasteiger partial charge >= 0.3 is 0 Å². The Balaban J connectivity index is 1.49. The van der Waals surface area contributed by atoms with Gasteiger partial charge in [-0.3, -0.25) is 19.2 Å². The first kappa shape index (κ1) is 30.2. The molecule has 2 aliphatic rings. The zero-order valence-corrected chi connectivity index (χ0v) is 23.8. The second-order valence-electron chi connectivity index (χ2n) is 10.9. The Bertz CT molecular complexity index is 1210. The van der Waals surface area contributed by atoms with Gasteiger partial charge < -0.3 is 30.2 Å². The van der Waals surface area contributed by atoms with Gasteiger partial charge in [-0.2, -0.15) is 0 Å². The van der Waals surface area contributed by atoms with Crippen LogP contribution in [0.15, 0.2) is 54.6 Å². The zero-order chi connectivity index (χ0) is 29.4. The molecule has 3 amide bonds. The predicted molar refractivity (Wildman–Crippen MR) is 151 cm³/mol. The summed E-state index contributed by atoms with van der Waals surface area (Å²) in [6.45, 7) is 4.61. The maximum Gasteiger partial charge on any atom is 0.243 e. The van der Waals surface area contributed by atoms with Crippen molar-refractivity contribution in [1.82, 2.24) is 16.0 Å². The molecule has 2 aliphatic heterocycles. The molecular weight excluding hydrogens is 526 g/mol. The van der Waals surface area contributed by atoms with Crippen molar-refractivity contribution in [2.24, 2.45) is 5.92 Å². The molecule has 2 aromatic carbocycles. The third kappa shape index (κ3) is 8.37. The molecule has 2 saturated heterocycles. The highest BCUT2D eigenvalue weighted by Gasteiger charge is 2.50. The minimum absolute atomic E-state index is 0.169. The maximum absolute atomic E-state index is 13.7. The normalized spacial score (nSPS) is 20.7. The van der Waals surface area contributed by atoms with Gasteiger partial charge in [0.15, 0.2) is 5.78 Å². The van der Waals surface area contributed by atoms with Gasteiger partial charge in [0, 0.05) is 25.6 Å². The number of ketones is 1. The fourth-order valence-corrected chi connectivity index (χ4v) is 4.81. The maximum atomic E-state index is 13.7. The van der Waals surface area contributed by atoms with Crippen molar-refractivity contribution in [2.75, 3.05) is 26.9 Å². The lowest BCUT2D eigenvalue weighted by Gasteiger charge is -2.26. The van der Waals surface area contributed by atoms with E-state index in [1.807, 2.05) is 42.5 Å². The quantitative estimate of drug-likeness (QED) is 0.315. The first-order valence-electron chi connectivity index (χ1n) is 14.0. The van der Waals surface area contributed by atoms with Crippen LogP contribution in [0.2, 0.25) is 0 Å². The molecule has 0 spiro atoms. The van der Waals surface area contributed by atoms with E-state index in [0.717, 1.165) is 11.1 Å². The number of amides is 3. The Morgan fingerprint density at radius 3 is 2.07 bits per heavy atom. The standard InChI is InChI=1S/C31H39N3O7/c1-20(32-29(37)23-13-15-40-16-14-23)28(36)34-26(18-22-9-11-24(39-3)12-10-22)30(38)33-25(27(35)31(2)19-41-31)17-21-7-5-4-6-8-21/h4-12,20,23,25-26H,13-19H2,1-3H3,(H,32,37)(H,33,38)(H,34,36). The summed E-state index contributed by atoms with van der Waals surface area (Å²) in [5, 5.41) is 8.45. The van der Waals surface area contributed by atoms with Crippen molar-refractivity contribution >= 4 is 23.5 Å². The van der Waals surface area contributed by atoms with E-state index in [-0.39, 0.29) is 30.4 Å². The van der Waals surface area contributed by atoms with Crippen molar-refractivity contribution in [1.29, 1.82) is 0 Å². The molecule has 10 nitrogen and oxygen atoms in total. The summed E-state index contributed by atoms with van der Waals surface area (Å²) in [5.41, 5.74) is 0.730. The third-order valence-corrected chi connectivity index (χ3v) is 7.59. The number of nitrogens with one attached hydrogen (secondary N) is 3. The fraction of sp³-hybridized carbons (Fsp3) is 0.484. The van der Waals surface area contributed by atoms with Crippen LogP contribution in [-0.2, 0) is 41.5 Å². The largest absolute Gasteiger partial charge is 0.497 e. The molecule has 0 radical (unpaired) electrons. The van der Waals surface area contributed by atoms with Crippen molar-refractivity contribution in [3.8, 4) is 5.75 Å². The second-order valence-corrected chi connectivity index (χ2v) is 10.9. The van der Waals surface area contributed by atoms with E-state index in [1.165, 1.54) is 0 Å². The number of hydrogen-bond donors (Lipinski definition) is 3. The summed E-state index contributed by atoms with van der Waals surface area (Å²) in [7, 11) is 1.56. The molecule has 0 aliphatic carbocycles. The average Bonchev–Trinajstić information content (AvgIpc) is 3.75. The van der Waals surface area contributed by atoms with Crippen LogP contribution in [0, 0.1) is 5.92 Å². The molecule has 2 heterocycles. The third-order valence-electron chi connectivity index (χ3n) is 7.59. The zero-order valence-electron chi connectivity index (χ0n) is 23.8. The lowest BCUT2D eigenvalue weighted by Crippen LogP contribution is -2.57. The van der Waals surface area contributed by atoms with Crippen LogP contribution in [0.5, 0.6) is 5.75 Å². The van der Waals surface area contributed by atoms with Gasteiger partial charge in [0.05, 0.1) is 19.8 Å². The number of hydrogen-bond acceptors (Lipinski definition) is 7. The monoisotopic (exact) mass is 565 g/mol. The summed E-state index contributed by atoms with van der Waals surface area (Å²) in [6.07, 6.45) is 1.65. The van der Waals surface area contributed by atoms with Crippen molar-refractivity contribution < 1.29 is 33.4 Å². The van der Waals surface area contributed by atoms with E-state index in [9.17, 15) is 19.2 Å². The lowest BCUT2D eigenvalue weighted by atomic mass is 9.94. The molecule has 220 valence electrons. The van der Waals surface area contributed by atoms with E-state index < -0.39 is 35.5 Å². The number of carbonyl (C=O) groups is 4. The van der Waals surface area contributed by atoms with E-state index in [2.05, 4.69) is 16.0 Å². The minimum atomic E-state index is -1.00. The molecule has 0 aromatic heterocycles. The van der Waals surface area contributed by atoms with Crippen LogP contribution in [0.25, 0.3) is 0 Å². The van der Waals surface area contributed by atoms with E-state index in [4.69, 9.17) is 14.2 Å². The van der Waals surface area contributed by atoms with Gasteiger partial charge in [-0.05, 0) is 56.4 Å². The van der Waals surface area contributed by atoms with Gasteiger partial charge in [-0.25, -0.2) is 0 Å². The van der Waals surface area contributed by atoms with Gasteiger partial charge in [0.1, 0.15) is 23.4 Å². The molecule has 2 aromatic rings. The number of methoxy groups -OCH3 is 1. The topological polar surface area (TPSA) is 135 Å². The van der Waals surface area contributed by atoms with Crippen LogP contribution in [0.4, 0.5) is 0 Å². The van der Waals surface area contributed by atoms with Crippen LogP contribution < -0.4 is 20.7 Å². The minimum Gasteiger partial charge on any atom is -0.497 e. The smallest absolute Gasteiger partial charge is 0.243 e. The SMILES string of the molecule is COc1ccc(CC(NC(=O)C(C)NC(=O)C2CCOCC2)C(=O)NC(Cc2ccccc2)C(=O)C2(C)CO2)cc1. The van der Waals surface area contributed by atoms with Crippen LogP contribution in [-0.4, -0.2) is 74.2 Å². The Morgan fingerprint density at radius 2 is 1.46 bits per heavy atom. The molecule has 4 rings (SSSR count). The van der Waals surface area contributed by atoms with Crippen LogP contribution in [0.3, 0.4) is 0 Å². The lowest BCUT2D eigenvalue weighted by molar-refractivity contribution is -0.135. The van der Waals surface area contributed by atoms with E-state index in [0.29, 0.717) is 38.4 Å². The number of ether oxygens (including phenoxy) is 3. The number of rotatable bonds is 13. The van der Waals surface area contributed by atoms with Crippen LogP contribution >= 0.6 is 0 Å². The fourth-order valence-electron chi connectivity index (χ4n) is 4.81. The van der Waals surface area contributed by atoms with Crippen LogP contribution in [0.1, 0.15) is 37.8 Å². The highest BCUT2D eigenvalue weighted by Crippen LogP contribution is 2.29. The molecule has 4 atom stereocenters. The molecular formula is C31H39N3O7. The first-order chi connectivity index (χ1) is 19.7. The second kappa shape index (κ2) is 13.7. The molecule has 0 bridgehead atoms. The molecule has 4 unspecified atom stereocenters. The number of carbonyl (C=O) groups excluding carboxylic acids is 4. The Morgan fingerprint density at radius 1 is 0.878 bits per heavy atom. The van der Waals surface area contributed by atoms with E-state index >= 15 is 0 Å². The predicted octanol–water partition coefficient (Wildman–Crippen LogP) is 1.74. The molecule has 41 heavy (non-hydrogen) atoms. The number of benzene rings is 2. The molecule has 10 heteroatoms. The first-order valence-corrected chi connectivity index (χ1v) is 14.0. The number of epoxide rings is 1. The van der Waals surface area contributed by atoms with Gasteiger partial charge in [0.2, 0.25) is 17.7 Å².